The number of carbonyl (C=O) groups is 1. The van der Waals surface area contributed by atoms with Crippen LogP contribution >= 0.6 is 50.5 Å². The van der Waals surface area contributed by atoms with Crippen LogP contribution in [0.3, 0.4) is 0 Å². The van der Waals surface area contributed by atoms with Gasteiger partial charge in [-0.15, -0.1) is 0 Å². The number of aromatic nitrogens is 1. The number of hydrogen-bond donors (Lipinski definition) is 0. The molecule has 0 N–H and O–H groups in total. The first-order valence-electron chi connectivity index (χ1n) is 5.76. The lowest BCUT2D eigenvalue weighted by Crippen LogP contribution is -2.22. The van der Waals surface area contributed by atoms with Crippen molar-refractivity contribution in [2.24, 2.45) is 0 Å². The van der Waals surface area contributed by atoms with Gasteiger partial charge in [0.05, 0.1) is 16.3 Å². The fraction of sp³-hybridized carbons (Fsp3) is 0.0769. The summed E-state index contributed by atoms with van der Waals surface area (Å²) in [6.45, 7) is 1.90. The monoisotopic (exact) mass is 399 g/mol. The van der Waals surface area contributed by atoms with Crippen LogP contribution in [0, 0.1) is 6.92 Å². The van der Waals surface area contributed by atoms with Crippen molar-refractivity contribution in [2.45, 2.75) is 6.92 Å². The van der Waals surface area contributed by atoms with E-state index in [2.05, 4.69) is 33.7 Å². The maximum Gasteiger partial charge on any atom is 0.339 e. The minimum absolute atomic E-state index is 0.0163. The van der Waals surface area contributed by atoms with Crippen molar-refractivity contribution in [1.82, 2.24) is 4.57 Å². The van der Waals surface area contributed by atoms with E-state index in [0.717, 1.165) is 11.3 Å². The van der Waals surface area contributed by atoms with Gasteiger partial charge < -0.3 is 0 Å². The number of pyridine rings is 1. The topological polar surface area (TPSA) is 56.1 Å². The Morgan fingerprint density at radius 3 is 2.18 bits per heavy atom. The zero-order chi connectivity index (χ0) is 16.9. The molecule has 0 atom stereocenters. The zero-order valence-corrected chi connectivity index (χ0v) is 15.1. The van der Waals surface area contributed by atoms with E-state index in [0.29, 0.717) is 6.29 Å². The Bertz CT molecular complexity index is 777. The van der Waals surface area contributed by atoms with Crippen LogP contribution in [0.4, 0.5) is 0 Å². The summed E-state index contributed by atoms with van der Waals surface area (Å²) in [5.74, 6) is 0. The summed E-state index contributed by atoms with van der Waals surface area (Å²) in [6.07, 6.45) is 2.05. The maximum absolute atomic E-state index is 12.0. The van der Waals surface area contributed by atoms with Gasteiger partial charge >= 0.3 is 5.20 Å². The van der Waals surface area contributed by atoms with Gasteiger partial charge in [-0.3, -0.25) is 18.7 Å². The van der Waals surface area contributed by atoms with Crippen molar-refractivity contribution in [3.8, 4) is 5.69 Å². The van der Waals surface area contributed by atoms with Crippen molar-refractivity contribution in [3.63, 3.8) is 0 Å². The number of rotatable bonds is 2. The van der Waals surface area contributed by atoms with Crippen LogP contribution in [0.5, 0.6) is 0 Å². The Hall–Kier alpha value is -0.770. The molecule has 1 heterocycles. The van der Waals surface area contributed by atoms with Crippen LogP contribution in [0.15, 0.2) is 41.3 Å². The molecule has 0 aliphatic rings. The van der Waals surface area contributed by atoms with Crippen LogP contribution < -0.4 is 5.56 Å². The van der Waals surface area contributed by atoms with E-state index < -0.39 is 10.8 Å². The van der Waals surface area contributed by atoms with Crippen LogP contribution in [0.2, 0.25) is 5.02 Å². The number of benzene rings is 1. The molecule has 0 fully saturated rings. The molecule has 22 heavy (non-hydrogen) atoms. The van der Waals surface area contributed by atoms with Crippen LogP contribution in [-0.2, 0) is 4.57 Å². The lowest BCUT2D eigenvalue weighted by Gasteiger charge is -2.09. The first-order valence-corrected chi connectivity index (χ1v) is 10.6. The summed E-state index contributed by atoms with van der Waals surface area (Å²) in [4.78, 5) is 22.8. The van der Waals surface area contributed by atoms with Gasteiger partial charge in [0, 0.05) is 6.20 Å². The van der Waals surface area contributed by atoms with Crippen molar-refractivity contribution in [3.05, 3.63) is 63.0 Å². The molecule has 0 aliphatic heterocycles. The molecule has 2 rings (SSSR count). The lowest BCUT2D eigenvalue weighted by molar-refractivity contribution is 0.112. The molecule has 9 heteroatoms. The van der Waals surface area contributed by atoms with E-state index in [9.17, 15) is 14.2 Å². The van der Waals surface area contributed by atoms with E-state index in [1.165, 1.54) is 4.57 Å². The Labute approximate surface area is 146 Å². The predicted octanol–water partition coefficient (Wildman–Crippen LogP) is 5.42. The molecule has 0 bridgehead atoms. The van der Waals surface area contributed by atoms with Crippen molar-refractivity contribution in [1.29, 1.82) is 0 Å². The number of aryl methyl sites for hydroxylation is 1. The smallest absolute Gasteiger partial charge is 0.298 e. The third-order valence-corrected chi connectivity index (χ3v) is 2.90. The van der Waals surface area contributed by atoms with E-state index >= 15 is 0 Å². The molecule has 0 unspecified atom stereocenters. The summed E-state index contributed by atoms with van der Waals surface area (Å²) in [5.41, 5.74) is 1.28. The largest absolute Gasteiger partial charge is 0.339 e. The first kappa shape index (κ1) is 19.3. The van der Waals surface area contributed by atoms with Gasteiger partial charge in [-0.1, -0.05) is 29.8 Å². The molecule has 0 radical (unpaired) electrons. The highest BCUT2D eigenvalue weighted by atomic mass is 36.0. The molecule has 0 aliphatic carbocycles. The van der Waals surface area contributed by atoms with Gasteiger partial charge in [-0.25, -0.2) is 0 Å². The fourth-order valence-electron chi connectivity index (χ4n) is 1.66. The Morgan fingerprint density at radius 2 is 1.68 bits per heavy atom. The number of aldehydes is 1. The molecule has 0 saturated carbocycles. The van der Waals surface area contributed by atoms with Gasteiger partial charge in [0.25, 0.3) is 5.56 Å². The van der Waals surface area contributed by atoms with E-state index in [1.54, 1.807) is 12.3 Å². The standard InChI is InChI=1S/C13H10ClNO2.Cl3OP/c1-9-4-2-3-5-12(9)15-7-6-11(14)10(8-16)13(15)17;1-5(2,3)4/h2-8H,1H3;. The van der Waals surface area contributed by atoms with E-state index in [-0.39, 0.29) is 10.6 Å². The van der Waals surface area contributed by atoms with E-state index in [4.69, 9.17) is 11.6 Å². The molecule has 0 saturated heterocycles. The number of hydrogen-bond acceptors (Lipinski definition) is 3. The molecule has 2 aromatic rings. The highest BCUT2D eigenvalue weighted by Crippen LogP contribution is 2.61. The third kappa shape index (κ3) is 5.79. The first-order chi connectivity index (χ1) is 10.1. The van der Waals surface area contributed by atoms with Crippen molar-refractivity contribution < 1.29 is 9.36 Å². The second kappa shape index (κ2) is 8.19. The molecule has 0 spiro atoms. The molecule has 4 nitrogen and oxygen atoms in total. The highest BCUT2D eigenvalue weighted by molar-refractivity contribution is 8.24. The quantitative estimate of drug-likeness (QED) is 0.499. The number of carbonyl (C=O) groups excluding carboxylic acids is 1. The predicted molar refractivity (Wildman–Crippen MR) is 92.3 cm³/mol. The minimum Gasteiger partial charge on any atom is -0.298 e. The normalized spacial score (nSPS) is 10.6. The summed E-state index contributed by atoms with van der Waals surface area (Å²) in [6, 6.07) is 8.99. The number of nitrogens with zero attached hydrogens (tertiary/aromatic N) is 1. The molecular formula is C13H10Cl4NO3P. The van der Waals surface area contributed by atoms with Crippen LogP contribution in [0.1, 0.15) is 15.9 Å². The second-order valence-electron chi connectivity index (χ2n) is 4.06. The average Bonchev–Trinajstić information content (AvgIpc) is 2.39. The van der Waals surface area contributed by atoms with Gasteiger partial charge in [-0.05, 0) is 58.3 Å². The zero-order valence-electron chi connectivity index (χ0n) is 11.2. The summed E-state index contributed by atoms with van der Waals surface area (Å²) in [5, 5.41) is -3.05. The summed E-state index contributed by atoms with van der Waals surface area (Å²) in [7, 11) is 0. The number of para-hydroxylation sites is 1. The van der Waals surface area contributed by atoms with Gasteiger partial charge in [0.2, 0.25) is 0 Å². The molecule has 1 aromatic carbocycles. The fourth-order valence-corrected chi connectivity index (χ4v) is 1.84. The highest BCUT2D eigenvalue weighted by Gasteiger charge is 2.09. The van der Waals surface area contributed by atoms with E-state index in [1.807, 2.05) is 31.2 Å². The summed E-state index contributed by atoms with van der Waals surface area (Å²) < 4.78 is 10.9. The van der Waals surface area contributed by atoms with Crippen LogP contribution in [-0.4, -0.2) is 10.9 Å². The summed E-state index contributed by atoms with van der Waals surface area (Å²) >= 11 is 19.6. The molecule has 1 aromatic heterocycles. The molecule has 118 valence electrons. The molecular weight excluding hydrogens is 391 g/mol. The second-order valence-corrected chi connectivity index (χ2v) is 11.1. The SMILES string of the molecule is Cc1ccccc1-n1ccc(Cl)c(C=O)c1=O.O=P(Cl)(Cl)Cl. The number of halogens is 4. The van der Waals surface area contributed by atoms with Crippen molar-refractivity contribution >= 4 is 56.8 Å². The van der Waals surface area contributed by atoms with Crippen molar-refractivity contribution in [2.75, 3.05) is 0 Å². The van der Waals surface area contributed by atoms with Gasteiger partial charge in [0.15, 0.2) is 6.29 Å². The van der Waals surface area contributed by atoms with Gasteiger partial charge in [-0.2, -0.15) is 0 Å². The lowest BCUT2D eigenvalue weighted by atomic mass is 10.2. The third-order valence-electron chi connectivity index (χ3n) is 2.57. The Balaban J connectivity index is 0.000000422. The molecule has 0 amide bonds. The van der Waals surface area contributed by atoms with Crippen LogP contribution in [0.25, 0.3) is 5.69 Å². The Kier molecular flexibility index (Phi) is 7.17. The average molecular weight is 401 g/mol. The minimum atomic E-state index is -3.22. The Morgan fingerprint density at radius 1 is 1.14 bits per heavy atom. The van der Waals surface area contributed by atoms with Gasteiger partial charge in [0.1, 0.15) is 0 Å². The maximum atomic E-state index is 12.0.